The number of aryl methyl sites for hydroxylation is 2. The topological polar surface area (TPSA) is 53.2 Å². The molecule has 0 aliphatic carbocycles. The summed E-state index contributed by atoms with van der Waals surface area (Å²) in [7, 11) is 0. The molecule has 0 aliphatic heterocycles. The Morgan fingerprint density at radius 2 is 1.85 bits per heavy atom. The van der Waals surface area contributed by atoms with Crippen molar-refractivity contribution in [1.29, 1.82) is 5.26 Å². The minimum absolute atomic E-state index is 0.149. The van der Waals surface area contributed by atoms with Crippen molar-refractivity contribution in [3.63, 3.8) is 0 Å². The molecule has 0 aromatic heterocycles. The Morgan fingerprint density at radius 3 is 2.40 bits per heavy atom. The predicted octanol–water partition coefficient (Wildman–Crippen LogP) is 4.11. The lowest BCUT2D eigenvalue weighted by molar-refractivity contribution is 0.276. The van der Waals surface area contributed by atoms with Gasteiger partial charge in [0.15, 0.2) is 5.75 Å². The average molecular weight is 288 g/mol. The summed E-state index contributed by atoms with van der Waals surface area (Å²) in [4.78, 5) is 0. The number of ether oxygens (including phenoxy) is 1. The van der Waals surface area contributed by atoms with Crippen LogP contribution in [0, 0.1) is 25.2 Å². The summed E-state index contributed by atoms with van der Waals surface area (Å²) in [5, 5.41) is 18.8. The van der Waals surface area contributed by atoms with E-state index in [0.717, 1.165) is 11.1 Å². The lowest BCUT2D eigenvalue weighted by Gasteiger charge is -2.15. The Bertz CT molecular complexity index is 666. The molecule has 0 heterocycles. The highest BCUT2D eigenvalue weighted by atomic mass is 35.5. The van der Waals surface area contributed by atoms with Crippen molar-refractivity contribution in [2.75, 3.05) is 0 Å². The third kappa shape index (κ3) is 2.77. The molecule has 0 atom stereocenters. The maximum absolute atomic E-state index is 9.36. The van der Waals surface area contributed by atoms with E-state index in [1.54, 1.807) is 30.3 Å². The summed E-state index contributed by atoms with van der Waals surface area (Å²) < 4.78 is 5.89. The molecule has 2 aromatic carbocycles. The van der Waals surface area contributed by atoms with Crippen LogP contribution < -0.4 is 4.74 Å². The standard InChI is InChI=1S/C16H14ClNO2/c1-10-6-12(8-18)7-11(2)15(10)20-16-13(9-19)4-3-5-14(16)17/h3-7,19H,9H2,1-2H3. The Hall–Kier alpha value is -2.02. The molecule has 0 saturated carbocycles. The van der Waals surface area contributed by atoms with Crippen LogP contribution in [0.2, 0.25) is 5.02 Å². The number of rotatable bonds is 3. The zero-order valence-electron chi connectivity index (χ0n) is 11.3. The molecule has 20 heavy (non-hydrogen) atoms. The molecule has 102 valence electrons. The molecule has 2 aromatic rings. The zero-order valence-corrected chi connectivity index (χ0v) is 12.0. The number of nitrogens with zero attached hydrogens (tertiary/aromatic N) is 1. The van der Waals surface area contributed by atoms with Crippen LogP contribution in [-0.2, 0) is 6.61 Å². The largest absolute Gasteiger partial charge is 0.455 e. The van der Waals surface area contributed by atoms with Crippen LogP contribution in [0.25, 0.3) is 0 Å². The summed E-state index contributed by atoms with van der Waals surface area (Å²) in [6.07, 6.45) is 0. The van der Waals surface area contributed by atoms with Gasteiger partial charge in [-0.2, -0.15) is 5.26 Å². The third-order valence-corrected chi connectivity index (χ3v) is 3.31. The van der Waals surface area contributed by atoms with Gasteiger partial charge in [-0.1, -0.05) is 23.7 Å². The summed E-state index contributed by atoms with van der Waals surface area (Å²) in [5.74, 6) is 1.11. The molecule has 1 N–H and O–H groups in total. The lowest BCUT2D eigenvalue weighted by Crippen LogP contribution is -1.97. The number of hydrogen-bond donors (Lipinski definition) is 1. The fraction of sp³-hybridized carbons (Fsp3) is 0.188. The second-order valence-electron chi connectivity index (χ2n) is 4.54. The highest BCUT2D eigenvalue weighted by Gasteiger charge is 2.13. The first kappa shape index (κ1) is 14.4. The Labute approximate surface area is 123 Å². The SMILES string of the molecule is Cc1cc(C#N)cc(C)c1Oc1c(Cl)cccc1CO. The molecule has 0 amide bonds. The summed E-state index contributed by atoms with van der Waals surface area (Å²) in [6, 6.07) is 10.9. The number of aliphatic hydroxyl groups is 1. The molecule has 4 heteroatoms. The highest BCUT2D eigenvalue weighted by Crippen LogP contribution is 2.36. The van der Waals surface area contributed by atoms with Gasteiger partial charge in [0, 0.05) is 5.56 Å². The van der Waals surface area contributed by atoms with Crippen molar-refractivity contribution in [1.82, 2.24) is 0 Å². The molecule has 0 unspecified atom stereocenters. The number of hydrogen-bond acceptors (Lipinski definition) is 3. The van der Waals surface area contributed by atoms with Gasteiger partial charge in [0.1, 0.15) is 5.75 Å². The van der Waals surface area contributed by atoms with Gasteiger partial charge in [-0.25, -0.2) is 0 Å². The van der Waals surface area contributed by atoms with E-state index in [1.807, 2.05) is 13.8 Å². The smallest absolute Gasteiger partial charge is 0.151 e. The van der Waals surface area contributed by atoms with Crippen LogP contribution in [-0.4, -0.2) is 5.11 Å². The number of aliphatic hydroxyl groups excluding tert-OH is 1. The quantitative estimate of drug-likeness (QED) is 0.924. The van der Waals surface area contributed by atoms with E-state index in [2.05, 4.69) is 6.07 Å². The van der Waals surface area contributed by atoms with Crippen molar-refractivity contribution in [3.8, 4) is 17.6 Å². The average Bonchev–Trinajstić information content (AvgIpc) is 2.43. The van der Waals surface area contributed by atoms with Crippen LogP contribution in [0.5, 0.6) is 11.5 Å². The van der Waals surface area contributed by atoms with E-state index in [0.29, 0.717) is 27.6 Å². The molecular formula is C16H14ClNO2. The number of halogens is 1. The predicted molar refractivity (Wildman–Crippen MR) is 78.1 cm³/mol. The Balaban J connectivity index is 2.49. The van der Waals surface area contributed by atoms with Gasteiger partial charge in [-0.3, -0.25) is 0 Å². The van der Waals surface area contributed by atoms with Gasteiger partial charge in [0.05, 0.1) is 23.3 Å². The summed E-state index contributed by atoms with van der Waals surface area (Å²) in [5.41, 5.74) is 2.92. The van der Waals surface area contributed by atoms with E-state index in [9.17, 15) is 5.11 Å². The minimum atomic E-state index is -0.149. The third-order valence-electron chi connectivity index (χ3n) is 3.01. The maximum Gasteiger partial charge on any atom is 0.151 e. The van der Waals surface area contributed by atoms with Gasteiger partial charge >= 0.3 is 0 Å². The highest BCUT2D eigenvalue weighted by molar-refractivity contribution is 6.32. The van der Waals surface area contributed by atoms with E-state index >= 15 is 0 Å². The van der Waals surface area contributed by atoms with Crippen molar-refractivity contribution >= 4 is 11.6 Å². The van der Waals surface area contributed by atoms with Crippen LogP contribution in [0.4, 0.5) is 0 Å². The molecule has 2 rings (SSSR count). The van der Waals surface area contributed by atoms with E-state index in [1.165, 1.54) is 0 Å². The van der Waals surface area contributed by atoms with Crippen molar-refractivity contribution in [2.24, 2.45) is 0 Å². The molecule has 0 fully saturated rings. The monoisotopic (exact) mass is 287 g/mol. The van der Waals surface area contributed by atoms with Gasteiger partial charge < -0.3 is 9.84 Å². The van der Waals surface area contributed by atoms with Crippen LogP contribution in [0.3, 0.4) is 0 Å². The Morgan fingerprint density at radius 1 is 1.20 bits per heavy atom. The van der Waals surface area contributed by atoms with Crippen LogP contribution >= 0.6 is 11.6 Å². The first-order valence-electron chi connectivity index (χ1n) is 6.14. The van der Waals surface area contributed by atoms with Gasteiger partial charge in [-0.15, -0.1) is 0 Å². The normalized spacial score (nSPS) is 10.2. The van der Waals surface area contributed by atoms with Crippen molar-refractivity contribution in [2.45, 2.75) is 20.5 Å². The second-order valence-corrected chi connectivity index (χ2v) is 4.95. The first-order chi connectivity index (χ1) is 9.56. The van der Waals surface area contributed by atoms with Crippen molar-refractivity contribution in [3.05, 3.63) is 57.6 Å². The molecule has 3 nitrogen and oxygen atoms in total. The molecule has 0 spiro atoms. The van der Waals surface area contributed by atoms with Gasteiger partial charge in [0.25, 0.3) is 0 Å². The van der Waals surface area contributed by atoms with Gasteiger partial charge in [-0.05, 0) is 43.2 Å². The van der Waals surface area contributed by atoms with E-state index < -0.39 is 0 Å². The van der Waals surface area contributed by atoms with E-state index in [-0.39, 0.29) is 6.61 Å². The van der Waals surface area contributed by atoms with E-state index in [4.69, 9.17) is 21.6 Å². The van der Waals surface area contributed by atoms with Crippen LogP contribution in [0.1, 0.15) is 22.3 Å². The maximum atomic E-state index is 9.36. The summed E-state index contributed by atoms with van der Waals surface area (Å²) in [6.45, 7) is 3.60. The second kappa shape index (κ2) is 5.96. The minimum Gasteiger partial charge on any atom is -0.455 e. The molecule has 0 radical (unpaired) electrons. The lowest BCUT2D eigenvalue weighted by atomic mass is 10.1. The molecule has 0 saturated heterocycles. The fourth-order valence-corrected chi connectivity index (χ4v) is 2.30. The summed E-state index contributed by atoms with van der Waals surface area (Å²) >= 11 is 6.13. The fourth-order valence-electron chi connectivity index (χ4n) is 2.07. The zero-order chi connectivity index (χ0) is 14.7. The number of benzene rings is 2. The first-order valence-corrected chi connectivity index (χ1v) is 6.52. The molecule has 0 aliphatic rings. The number of nitriles is 1. The molecular weight excluding hydrogens is 274 g/mol. The number of para-hydroxylation sites is 1. The van der Waals surface area contributed by atoms with Crippen molar-refractivity contribution < 1.29 is 9.84 Å². The van der Waals surface area contributed by atoms with Crippen LogP contribution in [0.15, 0.2) is 30.3 Å². The molecule has 0 bridgehead atoms. The Kier molecular flexibility index (Phi) is 4.29. The van der Waals surface area contributed by atoms with Gasteiger partial charge in [0.2, 0.25) is 0 Å².